The Morgan fingerprint density at radius 2 is 2.11 bits per heavy atom. The second-order valence-electron chi connectivity index (χ2n) is 7.58. The summed E-state index contributed by atoms with van der Waals surface area (Å²) in [7, 11) is 2.11. The average molecular weight is 378 g/mol. The Labute approximate surface area is 164 Å². The molecule has 0 aliphatic carbocycles. The summed E-state index contributed by atoms with van der Waals surface area (Å²) in [4.78, 5) is 27.2. The van der Waals surface area contributed by atoms with Crippen molar-refractivity contribution in [3.63, 3.8) is 0 Å². The first-order valence-corrected chi connectivity index (χ1v) is 9.65. The van der Waals surface area contributed by atoms with Crippen molar-refractivity contribution < 1.29 is 4.79 Å². The summed E-state index contributed by atoms with van der Waals surface area (Å²) < 4.78 is 0. The summed E-state index contributed by atoms with van der Waals surface area (Å²) in [6, 6.07) is 10.0. The Balaban J connectivity index is 1.42. The predicted molar refractivity (Wildman–Crippen MR) is 110 cm³/mol. The highest BCUT2D eigenvalue weighted by Gasteiger charge is 2.30. The van der Waals surface area contributed by atoms with E-state index in [0.29, 0.717) is 5.69 Å². The molecule has 4 rings (SSSR count). The first-order chi connectivity index (χ1) is 13.5. The smallest absolute Gasteiger partial charge is 0.319 e. The van der Waals surface area contributed by atoms with Crippen molar-refractivity contribution in [1.29, 1.82) is 0 Å². The summed E-state index contributed by atoms with van der Waals surface area (Å²) in [6.07, 6.45) is 3.41. The molecule has 0 saturated carbocycles. The van der Waals surface area contributed by atoms with E-state index in [4.69, 9.17) is 4.98 Å². The number of H-pyrrole nitrogens is 1. The molecule has 146 valence electrons. The number of urea groups is 1. The number of carbonyl (C=O) groups excluding carboxylic acids is 1. The summed E-state index contributed by atoms with van der Waals surface area (Å²) in [5, 5.41) is 6.00. The van der Waals surface area contributed by atoms with E-state index in [1.54, 1.807) is 6.20 Å². The molecule has 2 atom stereocenters. The van der Waals surface area contributed by atoms with Gasteiger partial charge in [-0.15, -0.1) is 0 Å². The number of aromatic nitrogens is 3. The Kier molecular flexibility index (Phi) is 5.00. The third-order valence-corrected chi connectivity index (χ3v) is 5.53. The van der Waals surface area contributed by atoms with Crippen LogP contribution in [0.1, 0.15) is 36.0 Å². The van der Waals surface area contributed by atoms with Crippen LogP contribution in [-0.2, 0) is 0 Å². The zero-order valence-electron chi connectivity index (χ0n) is 16.5. The number of hydrogen-bond acceptors (Lipinski definition) is 4. The zero-order valence-corrected chi connectivity index (χ0v) is 16.5. The van der Waals surface area contributed by atoms with Crippen LogP contribution in [0.15, 0.2) is 36.5 Å². The summed E-state index contributed by atoms with van der Waals surface area (Å²) >= 11 is 0. The number of rotatable bonds is 3. The Hall–Kier alpha value is -2.93. The number of hydrogen-bond donors (Lipinski definition) is 3. The molecule has 3 aromatic rings. The molecular weight excluding hydrogens is 352 g/mol. The summed E-state index contributed by atoms with van der Waals surface area (Å²) in [5.74, 6) is 0.953. The fraction of sp³-hybridized carbons (Fsp3) is 0.381. The topological polar surface area (TPSA) is 85.9 Å². The van der Waals surface area contributed by atoms with Crippen LogP contribution in [0, 0.1) is 13.8 Å². The summed E-state index contributed by atoms with van der Waals surface area (Å²) in [5.41, 5.74) is 4.75. The number of imidazole rings is 1. The molecule has 2 unspecified atom stereocenters. The van der Waals surface area contributed by atoms with Crippen LogP contribution < -0.4 is 10.6 Å². The van der Waals surface area contributed by atoms with Crippen molar-refractivity contribution in [2.45, 2.75) is 38.8 Å². The number of piperidine rings is 1. The van der Waals surface area contributed by atoms with Gasteiger partial charge in [0, 0.05) is 18.3 Å². The molecule has 3 heterocycles. The van der Waals surface area contributed by atoms with Gasteiger partial charge in [-0.05, 0) is 57.5 Å². The normalized spacial score (nSPS) is 20.2. The molecule has 7 heteroatoms. The van der Waals surface area contributed by atoms with E-state index in [1.807, 2.05) is 44.2 Å². The van der Waals surface area contributed by atoms with Crippen LogP contribution in [0.2, 0.25) is 0 Å². The molecule has 1 saturated heterocycles. The van der Waals surface area contributed by atoms with E-state index in [1.165, 1.54) is 0 Å². The van der Waals surface area contributed by atoms with Crippen LogP contribution in [-0.4, -0.2) is 45.5 Å². The van der Waals surface area contributed by atoms with Crippen LogP contribution in [0.4, 0.5) is 10.5 Å². The maximum Gasteiger partial charge on any atom is 0.319 e. The van der Waals surface area contributed by atoms with E-state index >= 15 is 0 Å². The molecule has 2 amide bonds. The molecular formula is C21H26N6O. The fourth-order valence-electron chi connectivity index (χ4n) is 3.73. The van der Waals surface area contributed by atoms with E-state index in [-0.39, 0.29) is 18.1 Å². The highest BCUT2D eigenvalue weighted by molar-refractivity contribution is 5.89. The lowest BCUT2D eigenvalue weighted by Gasteiger charge is -2.36. The fourth-order valence-corrected chi connectivity index (χ4v) is 3.73. The Bertz CT molecular complexity index is 964. The number of aromatic amines is 1. The number of amides is 2. The van der Waals surface area contributed by atoms with Crippen molar-refractivity contribution in [3.05, 3.63) is 53.6 Å². The number of benzene rings is 1. The molecule has 0 radical (unpaired) electrons. The molecule has 0 spiro atoms. The lowest BCUT2D eigenvalue weighted by atomic mass is 9.97. The quantitative estimate of drug-likeness (QED) is 0.651. The van der Waals surface area contributed by atoms with Crippen molar-refractivity contribution in [2.75, 3.05) is 18.9 Å². The third-order valence-electron chi connectivity index (χ3n) is 5.53. The maximum absolute atomic E-state index is 12.5. The highest BCUT2D eigenvalue weighted by atomic mass is 16.2. The number of nitrogens with zero attached hydrogens (tertiary/aromatic N) is 3. The maximum atomic E-state index is 12.5. The molecule has 3 N–H and O–H groups in total. The van der Waals surface area contributed by atoms with Gasteiger partial charge < -0.3 is 15.6 Å². The monoisotopic (exact) mass is 378 g/mol. The van der Waals surface area contributed by atoms with E-state index in [0.717, 1.165) is 47.5 Å². The molecule has 1 aromatic carbocycles. The Morgan fingerprint density at radius 1 is 1.29 bits per heavy atom. The SMILES string of the molecule is Cc1cc(NC(=O)NC2CCN(C)C(c3nc4ccccc4[nH]3)C2)cnc1C. The molecule has 1 aliphatic rings. The van der Waals surface area contributed by atoms with Crippen molar-refractivity contribution >= 4 is 22.8 Å². The van der Waals surface area contributed by atoms with Gasteiger partial charge in [-0.2, -0.15) is 0 Å². The minimum absolute atomic E-state index is 0.0916. The van der Waals surface area contributed by atoms with Crippen molar-refractivity contribution in [3.8, 4) is 0 Å². The number of fused-ring (bicyclic) bond motifs is 1. The number of pyridine rings is 1. The molecule has 0 bridgehead atoms. The highest BCUT2D eigenvalue weighted by Crippen LogP contribution is 2.29. The van der Waals surface area contributed by atoms with Crippen molar-refractivity contribution in [1.82, 2.24) is 25.2 Å². The summed E-state index contributed by atoms with van der Waals surface area (Å²) in [6.45, 7) is 4.84. The van der Waals surface area contributed by atoms with E-state index in [2.05, 4.69) is 32.5 Å². The number of nitrogens with one attached hydrogen (secondary N) is 3. The predicted octanol–water partition coefficient (Wildman–Crippen LogP) is 3.53. The molecule has 1 fully saturated rings. The third kappa shape index (κ3) is 3.84. The number of carbonyl (C=O) groups is 1. The van der Waals surface area contributed by atoms with Gasteiger partial charge in [0.15, 0.2) is 0 Å². The minimum Gasteiger partial charge on any atom is -0.341 e. The first kappa shape index (κ1) is 18.4. The molecule has 28 heavy (non-hydrogen) atoms. The second kappa shape index (κ2) is 7.59. The first-order valence-electron chi connectivity index (χ1n) is 9.65. The Morgan fingerprint density at radius 3 is 2.89 bits per heavy atom. The number of aryl methyl sites for hydroxylation is 2. The number of likely N-dealkylation sites (tertiary alicyclic amines) is 1. The van der Waals surface area contributed by atoms with Gasteiger partial charge in [-0.3, -0.25) is 9.88 Å². The van der Waals surface area contributed by atoms with E-state index < -0.39 is 0 Å². The standard InChI is InChI=1S/C21H26N6O/c1-13-10-16(12-22-14(13)2)24-21(28)23-15-8-9-27(3)19(11-15)20-25-17-6-4-5-7-18(17)26-20/h4-7,10,12,15,19H,8-9,11H2,1-3H3,(H,25,26)(H2,23,24,28). The van der Waals surface area contributed by atoms with Gasteiger partial charge in [-0.1, -0.05) is 12.1 Å². The molecule has 7 nitrogen and oxygen atoms in total. The minimum atomic E-state index is -0.192. The molecule has 1 aliphatic heterocycles. The zero-order chi connectivity index (χ0) is 19.7. The van der Waals surface area contributed by atoms with Gasteiger partial charge in [-0.25, -0.2) is 9.78 Å². The van der Waals surface area contributed by atoms with Gasteiger partial charge in [0.25, 0.3) is 0 Å². The van der Waals surface area contributed by atoms with Crippen molar-refractivity contribution in [2.24, 2.45) is 0 Å². The van der Waals surface area contributed by atoms with Gasteiger partial charge >= 0.3 is 6.03 Å². The van der Waals surface area contributed by atoms with E-state index in [9.17, 15) is 4.79 Å². The second-order valence-corrected chi connectivity index (χ2v) is 7.58. The average Bonchev–Trinajstić information content (AvgIpc) is 3.10. The number of para-hydroxylation sites is 2. The van der Waals surface area contributed by atoms with Crippen LogP contribution >= 0.6 is 0 Å². The molecule has 2 aromatic heterocycles. The van der Waals surface area contributed by atoms with Gasteiger partial charge in [0.2, 0.25) is 0 Å². The largest absolute Gasteiger partial charge is 0.341 e. The van der Waals surface area contributed by atoms with Gasteiger partial charge in [0.05, 0.1) is 29.0 Å². The lowest BCUT2D eigenvalue weighted by Crippen LogP contribution is -2.46. The van der Waals surface area contributed by atoms with Crippen LogP contribution in [0.25, 0.3) is 11.0 Å². The van der Waals surface area contributed by atoms with Crippen LogP contribution in [0.5, 0.6) is 0 Å². The number of anilines is 1. The van der Waals surface area contributed by atoms with Gasteiger partial charge in [0.1, 0.15) is 5.82 Å². The van der Waals surface area contributed by atoms with Crippen LogP contribution in [0.3, 0.4) is 0 Å². The lowest BCUT2D eigenvalue weighted by molar-refractivity contribution is 0.153.